The highest BCUT2D eigenvalue weighted by molar-refractivity contribution is 7.09. The Morgan fingerprint density at radius 3 is 2.62 bits per heavy atom. The minimum Gasteiger partial charge on any atom is -0.393 e. The van der Waals surface area contributed by atoms with Crippen molar-refractivity contribution in [3.63, 3.8) is 0 Å². The molecular weight excluding hydrogens is 320 g/mol. The third-order valence-electron chi connectivity index (χ3n) is 4.30. The summed E-state index contributed by atoms with van der Waals surface area (Å²) in [6, 6.07) is 0.415. The Kier molecular flexibility index (Phi) is 7.04. The van der Waals surface area contributed by atoms with Gasteiger partial charge in [0.15, 0.2) is 5.96 Å². The highest BCUT2D eigenvalue weighted by Crippen LogP contribution is 2.24. The first-order valence-electron chi connectivity index (χ1n) is 9.06. The van der Waals surface area contributed by atoms with Crippen LogP contribution in [0.15, 0.2) is 10.4 Å². The smallest absolute Gasteiger partial charge is 0.191 e. The first-order valence-corrected chi connectivity index (χ1v) is 9.94. The first-order chi connectivity index (χ1) is 11.4. The van der Waals surface area contributed by atoms with Crippen molar-refractivity contribution in [2.75, 3.05) is 13.1 Å². The number of aromatic nitrogens is 1. The zero-order chi connectivity index (χ0) is 17.6. The average molecular weight is 353 g/mol. The third-order valence-corrected chi connectivity index (χ3v) is 5.21. The molecule has 5 nitrogen and oxygen atoms in total. The predicted octanol–water partition coefficient (Wildman–Crippen LogP) is 2.84. The van der Waals surface area contributed by atoms with E-state index >= 15 is 0 Å². The molecule has 0 radical (unpaired) electrons. The van der Waals surface area contributed by atoms with Crippen LogP contribution in [0.1, 0.15) is 64.1 Å². The summed E-state index contributed by atoms with van der Waals surface area (Å²) in [5.41, 5.74) is 1.28. The van der Waals surface area contributed by atoms with Crippen LogP contribution in [0.4, 0.5) is 0 Å². The van der Waals surface area contributed by atoms with Gasteiger partial charge in [-0.15, -0.1) is 11.3 Å². The van der Waals surface area contributed by atoms with Crippen LogP contribution in [0.3, 0.4) is 0 Å². The molecule has 1 aliphatic rings. The lowest BCUT2D eigenvalue weighted by molar-refractivity contribution is 0.120. The Morgan fingerprint density at radius 2 is 2.04 bits per heavy atom. The molecule has 0 atom stereocenters. The standard InChI is InChI=1S/C18H32N4OS/c1-5-19-17(21-13-6-8-14(23)9-7-13)20-11-10-16-22-15(12-24-16)18(2,3)4/h12-14,23H,5-11H2,1-4H3,(H2,19,20,21). The Morgan fingerprint density at radius 1 is 1.33 bits per heavy atom. The van der Waals surface area contributed by atoms with Crippen molar-refractivity contribution in [2.24, 2.45) is 4.99 Å². The van der Waals surface area contributed by atoms with Crippen LogP contribution in [-0.2, 0) is 11.8 Å². The van der Waals surface area contributed by atoms with Crippen LogP contribution in [0.5, 0.6) is 0 Å². The van der Waals surface area contributed by atoms with E-state index in [9.17, 15) is 5.11 Å². The number of aliphatic imine (C=N–C) groups is 1. The Labute approximate surface area is 150 Å². The molecule has 0 spiro atoms. The summed E-state index contributed by atoms with van der Waals surface area (Å²) in [6.45, 7) is 10.3. The van der Waals surface area contributed by atoms with E-state index in [2.05, 4.69) is 43.7 Å². The predicted molar refractivity (Wildman–Crippen MR) is 102 cm³/mol. The fourth-order valence-electron chi connectivity index (χ4n) is 2.77. The molecular formula is C18H32N4OS. The van der Waals surface area contributed by atoms with E-state index in [0.717, 1.165) is 61.9 Å². The second kappa shape index (κ2) is 8.81. The summed E-state index contributed by atoms with van der Waals surface area (Å²) in [5.74, 6) is 0.881. The molecule has 0 unspecified atom stereocenters. The van der Waals surface area contributed by atoms with Gasteiger partial charge in [-0.2, -0.15) is 0 Å². The number of nitrogens with zero attached hydrogens (tertiary/aromatic N) is 2. The fourth-order valence-corrected chi connectivity index (χ4v) is 3.78. The van der Waals surface area contributed by atoms with Crippen molar-refractivity contribution in [1.82, 2.24) is 15.6 Å². The molecule has 136 valence electrons. The van der Waals surface area contributed by atoms with Crippen molar-refractivity contribution in [3.05, 3.63) is 16.1 Å². The Bertz CT molecular complexity index is 527. The van der Waals surface area contributed by atoms with Gasteiger partial charge in [0.25, 0.3) is 0 Å². The van der Waals surface area contributed by atoms with Crippen LogP contribution in [0.25, 0.3) is 0 Å². The highest BCUT2D eigenvalue weighted by atomic mass is 32.1. The molecule has 1 fully saturated rings. The van der Waals surface area contributed by atoms with Gasteiger partial charge in [-0.3, -0.25) is 4.99 Å². The van der Waals surface area contributed by atoms with Crippen LogP contribution in [-0.4, -0.2) is 41.3 Å². The Balaban J connectivity index is 1.85. The zero-order valence-corrected chi connectivity index (χ0v) is 16.2. The van der Waals surface area contributed by atoms with Gasteiger partial charge in [-0.05, 0) is 32.6 Å². The normalized spacial score (nSPS) is 22.5. The number of hydrogen-bond acceptors (Lipinski definition) is 4. The maximum absolute atomic E-state index is 9.61. The van der Waals surface area contributed by atoms with Gasteiger partial charge in [-0.25, -0.2) is 4.98 Å². The summed E-state index contributed by atoms with van der Waals surface area (Å²) in [4.78, 5) is 9.42. The number of aliphatic hydroxyl groups excluding tert-OH is 1. The molecule has 1 aliphatic carbocycles. The minimum atomic E-state index is -0.121. The number of guanidine groups is 1. The van der Waals surface area contributed by atoms with Gasteiger partial charge in [0.05, 0.1) is 16.8 Å². The molecule has 1 heterocycles. The molecule has 0 aliphatic heterocycles. The molecule has 2 rings (SSSR count). The van der Waals surface area contributed by atoms with E-state index in [1.165, 1.54) is 0 Å². The summed E-state index contributed by atoms with van der Waals surface area (Å²) >= 11 is 1.73. The maximum Gasteiger partial charge on any atom is 0.191 e. The quantitative estimate of drug-likeness (QED) is 0.563. The molecule has 0 bridgehead atoms. The summed E-state index contributed by atoms with van der Waals surface area (Å²) < 4.78 is 0. The number of hydrogen-bond donors (Lipinski definition) is 3. The van der Waals surface area contributed by atoms with Gasteiger partial charge >= 0.3 is 0 Å². The third kappa shape index (κ3) is 6.06. The number of nitrogens with one attached hydrogen (secondary N) is 2. The molecule has 3 N–H and O–H groups in total. The van der Waals surface area contributed by atoms with E-state index in [0.29, 0.717) is 6.04 Å². The van der Waals surface area contributed by atoms with Crippen molar-refractivity contribution in [2.45, 2.75) is 77.4 Å². The first kappa shape index (κ1) is 19.2. The summed E-state index contributed by atoms with van der Waals surface area (Å²) in [6.07, 6.45) is 4.53. The lowest BCUT2D eigenvalue weighted by atomic mass is 9.93. The largest absolute Gasteiger partial charge is 0.393 e. The molecule has 1 aromatic rings. The lowest BCUT2D eigenvalue weighted by Crippen LogP contribution is -2.45. The molecule has 1 aromatic heterocycles. The molecule has 0 amide bonds. The number of aliphatic hydroxyl groups is 1. The Hall–Kier alpha value is -1.14. The van der Waals surface area contributed by atoms with Crippen molar-refractivity contribution >= 4 is 17.3 Å². The van der Waals surface area contributed by atoms with E-state index in [-0.39, 0.29) is 11.5 Å². The van der Waals surface area contributed by atoms with Gasteiger partial charge in [0.1, 0.15) is 0 Å². The average Bonchev–Trinajstić information content (AvgIpc) is 2.99. The van der Waals surface area contributed by atoms with Gasteiger partial charge in [0.2, 0.25) is 0 Å². The van der Waals surface area contributed by atoms with Gasteiger partial charge < -0.3 is 15.7 Å². The maximum atomic E-state index is 9.61. The highest BCUT2D eigenvalue weighted by Gasteiger charge is 2.20. The van der Waals surface area contributed by atoms with Gasteiger partial charge in [0, 0.05) is 36.3 Å². The van der Waals surface area contributed by atoms with Crippen molar-refractivity contribution in [1.29, 1.82) is 0 Å². The van der Waals surface area contributed by atoms with E-state index in [1.807, 2.05) is 0 Å². The van der Waals surface area contributed by atoms with E-state index in [4.69, 9.17) is 9.98 Å². The topological polar surface area (TPSA) is 69.5 Å². The van der Waals surface area contributed by atoms with Crippen molar-refractivity contribution < 1.29 is 5.11 Å². The van der Waals surface area contributed by atoms with Gasteiger partial charge in [-0.1, -0.05) is 20.8 Å². The summed E-state index contributed by atoms with van der Waals surface area (Å²) in [7, 11) is 0. The number of thiazole rings is 1. The van der Waals surface area contributed by atoms with Crippen LogP contribution < -0.4 is 10.6 Å². The van der Waals surface area contributed by atoms with E-state index in [1.54, 1.807) is 11.3 Å². The molecule has 0 saturated heterocycles. The van der Waals surface area contributed by atoms with E-state index < -0.39 is 0 Å². The summed E-state index contributed by atoms with van der Waals surface area (Å²) in [5, 5.41) is 19.7. The second-order valence-electron chi connectivity index (χ2n) is 7.54. The molecule has 24 heavy (non-hydrogen) atoms. The zero-order valence-electron chi connectivity index (χ0n) is 15.4. The van der Waals surface area contributed by atoms with Crippen LogP contribution >= 0.6 is 11.3 Å². The minimum absolute atomic E-state index is 0.111. The molecule has 6 heteroatoms. The second-order valence-corrected chi connectivity index (χ2v) is 8.48. The monoisotopic (exact) mass is 352 g/mol. The molecule has 1 saturated carbocycles. The van der Waals surface area contributed by atoms with Crippen molar-refractivity contribution in [3.8, 4) is 0 Å². The van der Waals surface area contributed by atoms with Crippen LogP contribution in [0, 0.1) is 0 Å². The SMILES string of the molecule is CCNC(=NCCc1nc(C(C)(C)C)cs1)NC1CCC(O)CC1. The lowest BCUT2D eigenvalue weighted by Gasteiger charge is -2.27. The molecule has 0 aromatic carbocycles. The number of rotatable bonds is 5. The van der Waals surface area contributed by atoms with Crippen LogP contribution in [0.2, 0.25) is 0 Å². The fraction of sp³-hybridized carbons (Fsp3) is 0.778.